The van der Waals surface area contributed by atoms with E-state index in [9.17, 15) is 0 Å². The Labute approximate surface area is 123 Å². The molecule has 0 aliphatic rings. The molecule has 3 heteroatoms. The second-order valence-corrected chi connectivity index (χ2v) is 5.97. The monoisotopic (exact) mass is 282 g/mol. The zero-order valence-corrected chi connectivity index (χ0v) is 13.6. The van der Waals surface area contributed by atoms with Gasteiger partial charge in [-0.15, -0.1) is 0 Å². The van der Waals surface area contributed by atoms with Crippen LogP contribution in [0.25, 0.3) is 0 Å². The van der Waals surface area contributed by atoms with Crippen LogP contribution >= 0.6 is 11.6 Å². The lowest BCUT2D eigenvalue weighted by Crippen LogP contribution is -2.33. The molecule has 0 aromatic heterocycles. The van der Waals surface area contributed by atoms with E-state index >= 15 is 0 Å². The topological polar surface area (TPSA) is 15.3 Å². The molecule has 0 heterocycles. The van der Waals surface area contributed by atoms with E-state index in [0.29, 0.717) is 12.1 Å². The molecule has 0 amide bonds. The zero-order valence-electron chi connectivity index (χ0n) is 12.8. The van der Waals surface area contributed by atoms with Gasteiger partial charge in [-0.05, 0) is 32.4 Å². The van der Waals surface area contributed by atoms with Gasteiger partial charge in [0.05, 0.1) is 0 Å². The Bertz CT molecular complexity index is 388. The van der Waals surface area contributed by atoms with E-state index in [0.717, 1.165) is 24.5 Å². The maximum absolute atomic E-state index is 6.40. The largest absolute Gasteiger partial charge is 0.369 e. The van der Waals surface area contributed by atoms with Gasteiger partial charge in [0.1, 0.15) is 0 Å². The van der Waals surface area contributed by atoms with Crippen LogP contribution in [0.3, 0.4) is 0 Å². The summed E-state index contributed by atoms with van der Waals surface area (Å²) >= 11 is 6.40. The Morgan fingerprint density at radius 3 is 2.42 bits per heavy atom. The minimum atomic E-state index is 0.461. The predicted molar refractivity (Wildman–Crippen MR) is 86.2 cm³/mol. The number of nitrogens with one attached hydrogen (secondary N) is 1. The van der Waals surface area contributed by atoms with Crippen LogP contribution in [0.4, 0.5) is 5.69 Å². The van der Waals surface area contributed by atoms with Crippen LogP contribution < -0.4 is 10.2 Å². The molecule has 1 rings (SSSR count). The molecular formula is C16H27ClN2. The zero-order chi connectivity index (χ0) is 14.4. The van der Waals surface area contributed by atoms with Gasteiger partial charge in [0.25, 0.3) is 0 Å². The van der Waals surface area contributed by atoms with Crippen LogP contribution in [0.5, 0.6) is 0 Å². The number of benzene rings is 1. The number of anilines is 1. The SMILES string of the molecule is CCCN(c1cccc(Cl)c1CNC(C)C)C(C)C. The van der Waals surface area contributed by atoms with Gasteiger partial charge in [-0.25, -0.2) is 0 Å². The maximum atomic E-state index is 6.40. The third-order valence-corrected chi connectivity index (χ3v) is 3.53. The van der Waals surface area contributed by atoms with Gasteiger partial charge in [-0.3, -0.25) is 0 Å². The molecule has 0 saturated carbocycles. The highest BCUT2D eigenvalue weighted by molar-refractivity contribution is 6.31. The third kappa shape index (κ3) is 4.70. The van der Waals surface area contributed by atoms with Crippen molar-refractivity contribution in [3.63, 3.8) is 0 Å². The summed E-state index contributed by atoms with van der Waals surface area (Å²) in [4.78, 5) is 2.43. The van der Waals surface area contributed by atoms with Crippen molar-refractivity contribution in [2.24, 2.45) is 0 Å². The van der Waals surface area contributed by atoms with E-state index in [1.165, 1.54) is 11.3 Å². The van der Waals surface area contributed by atoms with Crippen LogP contribution in [0.2, 0.25) is 5.02 Å². The number of hydrogen-bond donors (Lipinski definition) is 1. The first-order valence-corrected chi connectivity index (χ1v) is 7.62. The van der Waals surface area contributed by atoms with Crippen molar-refractivity contribution in [2.45, 2.75) is 59.7 Å². The van der Waals surface area contributed by atoms with Crippen LogP contribution in [-0.4, -0.2) is 18.6 Å². The first-order chi connectivity index (χ1) is 8.97. The van der Waals surface area contributed by atoms with Crippen molar-refractivity contribution in [1.29, 1.82) is 0 Å². The van der Waals surface area contributed by atoms with E-state index in [1.54, 1.807) is 0 Å². The van der Waals surface area contributed by atoms with Gasteiger partial charge >= 0.3 is 0 Å². The Balaban J connectivity index is 3.06. The standard InChI is InChI=1S/C16H27ClN2/c1-6-10-19(13(4)5)16-9-7-8-15(17)14(16)11-18-12(2)3/h7-9,12-13,18H,6,10-11H2,1-5H3. The molecule has 0 atom stereocenters. The highest BCUT2D eigenvalue weighted by Crippen LogP contribution is 2.29. The van der Waals surface area contributed by atoms with Gasteiger partial charge in [0.2, 0.25) is 0 Å². The van der Waals surface area contributed by atoms with Gasteiger partial charge in [-0.2, -0.15) is 0 Å². The summed E-state index contributed by atoms with van der Waals surface area (Å²) in [7, 11) is 0. The van der Waals surface area contributed by atoms with Gasteiger partial charge in [-0.1, -0.05) is 38.4 Å². The molecule has 1 aromatic rings. The lowest BCUT2D eigenvalue weighted by molar-refractivity contribution is 0.585. The predicted octanol–water partition coefficient (Wildman–Crippen LogP) is 4.46. The molecule has 2 nitrogen and oxygen atoms in total. The van der Waals surface area contributed by atoms with Crippen LogP contribution in [0.1, 0.15) is 46.6 Å². The molecule has 0 aliphatic heterocycles. The normalized spacial score (nSPS) is 11.4. The molecule has 0 saturated heterocycles. The quantitative estimate of drug-likeness (QED) is 0.794. The summed E-state index contributed by atoms with van der Waals surface area (Å²) in [6.07, 6.45) is 1.14. The molecule has 0 aliphatic carbocycles. The summed E-state index contributed by atoms with van der Waals surface area (Å²) in [5.41, 5.74) is 2.47. The van der Waals surface area contributed by atoms with E-state index < -0.39 is 0 Å². The smallest absolute Gasteiger partial charge is 0.0471 e. The van der Waals surface area contributed by atoms with Crippen LogP contribution in [0.15, 0.2) is 18.2 Å². The molecule has 108 valence electrons. The van der Waals surface area contributed by atoms with Crippen LogP contribution in [0, 0.1) is 0 Å². The van der Waals surface area contributed by atoms with E-state index in [2.05, 4.69) is 50.9 Å². The average Bonchev–Trinajstić information content (AvgIpc) is 2.33. The number of halogens is 1. The first-order valence-electron chi connectivity index (χ1n) is 7.24. The van der Waals surface area contributed by atoms with Crippen molar-refractivity contribution in [2.75, 3.05) is 11.4 Å². The molecule has 0 bridgehead atoms. The molecule has 0 fully saturated rings. The Morgan fingerprint density at radius 1 is 1.21 bits per heavy atom. The summed E-state index contributed by atoms with van der Waals surface area (Å²) in [5, 5.41) is 4.32. The fourth-order valence-electron chi connectivity index (χ4n) is 2.20. The highest BCUT2D eigenvalue weighted by atomic mass is 35.5. The number of nitrogens with zero attached hydrogens (tertiary/aromatic N) is 1. The summed E-state index contributed by atoms with van der Waals surface area (Å²) in [5.74, 6) is 0. The maximum Gasteiger partial charge on any atom is 0.0471 e. The summed E-state index contributed by atoms with van der Waals surface area (Å²) in [6, 6.07) is 7.15. The molecule has 1 N–H and O–H groups in total. The van der Waals surface area contributed by atoms with Crippen molar-refractivity contribution in [1.82, 2.24) is 5.32 Å². The fourth-order valence-corrected chi connectivity index (χ4v) is 2.43. The average molecular weight is 283 g/mol. The number of rotatable bonds is 7. The molecule has 0 unspecified atom stereocenters. The lowest BCUT2D eigenvalue weighted by atomic mass is 10.1. The Morgan fingerprint density at radius 2 is 1.89 bits per heavy atom. The van der Waals surface area contributed by atoms with Crippen molar-refractivity contribution in [3.8, 4) is 0 Å². The van der Waals surface area contributed by atoms with E-state index in [-0.39, 0.29) is 0 Å². The second-order valence-electron chi connectivity index (χ2n) is 5.56. The first kappa shape index (κ1) is 16.3. The van der Waals surface area contributed by atoms with E-state index in [4.69, 9.17) is 11.6 Å². The third-order valence-electron chi connectivity index (χ3n) is 3.18. The van der Waals surface area contributed by atoms with Crippen LogP contribution in [-0.2, 0) is 6.54 Å². The van der Waals surface area contributed by atoms with Gasteiger partial charge in [0.15, 0.2) is 0 Å². The van der Waals surface area contributed by atoms with Crippen molar-refractivity contribution >= 4 is 17.3 Å². The fraction of sp³-hybridized carbons (Fsp3) is 0.625. The lowest BCUT2D eigenvalue weighted by Gasteiger charge is -2.31. The van der Waals surface area contributed by atoms with Crippen molar-refractivity contribution in [3.05, 3.63) is 28.8 Å². The minimum Gasteiger partial charge on any atom is -0.369 e. The summed E-state index contributed by atoms with van der Waals surface area (Å²) < 4.78 is 0. The molecule has 1 aromatic carbocycles. The minimum absolute atomic E-state index is 0.461. The second kappa shape index (κ2) is 7.76. The van der Waals surface area contributed by atoms with Crippen molar-refractivity contribution < 1.29 is 0 Å². The molecule has 0 radical (unpaired) electrons. The Kier molecular flexibility index (Phi) is 6.67. The van der Waals surface area contributed by atoms with Gasteiger partial charge < -0.3 is 10.2 Å². The Hall–Kier alpha value is -0.730. The summed E-state index contributed by atoms with van der Waals surface area (Å²) in [6.45, 7) is 12.9. The highest BCUT2D eigenvalue weighted by Gasteiger charge is 2.15. The molecular weight excluding hydrogens is 256 g/mol. The number of hydrogen-bond acceptors (Lipinski definition) is 2. The van der Waals surface area contributed by atoms with E-state index in [1.807, 2.05) is 12.1 Å². The van der Waals surface area contributed by atoms with Gasteiger partial charge in [0, 0.05) is 41.4 Å². The molecule has 19 heavy (non-hydrogen) atoms. The molecule has 0 spiro atoms.